The largest absolute Gasteiger partial charge is 0.390 e. The van der Waals surface area contributed by atoms with Gasteiger partial charge in [0.05, 0.1) is 18.8 Å². The van der Waals surface area contributed by atoms with Crippen LogP contribution >= 0.6 is 0 Å². The minimum atomic E-state index is -0.560. The van der Waals surface area contributed by atoms with Crippen LogP contribution in [0.4, 0.5) is 0 Å². The van der Waals surface area contributed by atoms with Crippen molar-refractivity contribution < 1.29 is 14.6 Å². The van der Waals surface area contributed by atoms with E-state index in [-0.39, 0.29) is 0 Å². The van der Waals surface area contributed by atoms with E-state index >= 15 is 0 Å². The maximum Gasteiger partial charge on any atom is 0.0700 e. The van der Waals surface area contributed by atoms with Crippen LogP contribution in [0, 0.1) is 0 Å². The van der Waals surface area contributed by atoms with E-state index in [4.69, 9.17) is 9.47 Å². The van der Waals surface area contributed by atoms with Crippen molar-refractivity contribution in [3.05, 3.63) is 35.9 Å². The molecule has 0 saturated carbocycles. The molecule has 2 heterocycles. The molecule has 3 rings (SSSR count). The Balaban J connectivity index is 1.56. The van der Waals surface area contributed by atoms with E-state index < -0.39 is 5.60 Å². The molecule has 134 valence electrons. The van der Waals surface area contributed by atoms with Crippen LogP contribution in [-0.2, 0) is 16.0 Å². The Bertz CT molecular complexity index is 479. The molecule has 2 saturated heterocycles. The summed E-state index contributed by atoms with van der Waals surface area (Å²) in [6.07, 6.45) is 6.20. The summed E-state index contributed by atoms with van der Waals surface area (Å²) in [6, 6.07) is 11.7. The van der Waals surface area contributed by atoms with Crippen molar-refractivity contribution in [3.63, 3.8) is 0 Å². The van der Waals surface area contributed by atoms with E-state index in [0.717, 1.165) is 25.8 Å². The molecule has 2 aliphatic rings. The van der Waals surface area contributed by atoms with Gasteiger partial charge in [-0.2, -0.15) is 0 Å². The van der Waals surface area contributed by atoms with Crippen LogP contribution in [0.1, 0.15) is 44.1 Å². The van der Waals surface area contributed by atoms with Gasteiger partial charge in [0.1, 0.15) is 0 Å². The molecule has 4 heteroatoms. The molecule has 0 radical (unpaired) electrons. The van der Waals surface area contributed by atoms with Crippen LogP contribution in [0.15, 0.2) is 30.3 Å². The minimum absolute atomic E-state index is 0.502. The van der Waals surface area contributed by atoms with Gasteiger partial charge in [0.25, 0.3) is 0 Å². The number of nitrogens with zero attached hydrogens (tertiary/aromatic N) is 1. The SMILES string of the molecule is COCCOCCC1(O)CC2CCCC(C1)N2Cc1ccccc1. The lowest BCUT2D eigenvalue weighted by atomic mass is 9.74. The number of aliphatic hydroxyl groups is 1. The number of piperidine rings is 2. The number of hydrogen-bond donors (Lipinski definition) is 1. The van der Waals surface area contributed by atoms with Crippen molar-refractivity contribution in [3.8, 4) is 0 Å². The zero-order valence-electron chi connectivity index (χ0n) is 14.8. The third-order valence-corrected chi connectivity index (χ3v) is 5.60. The van der Waals surface area contributed by atoms with Crippen molar-refractivity contribution in [1.82, 2.24) is 4.90 Å². The summed E-state index contributed by atoms with van der Waals surface area (Å²) in [5.41, 5.74) is 0.818. The van der Waals surface area contributed by atoms with Crippen LogP contribution in [0.2, 0.25) is 0 Å². The molecule has 24 heavy (non-hydrogen) atoms. The topological polar surface area (TPSA) is 41.9 Å². The molecule has 1 aromatic carbocycles. The third kappa shape index (κ3) is 4.57. The normalized spacial score (nSPS) is 30.4. The maximum atomic E-state index is 11.1. The number of methoxy groups -OCH3 is 1. The maximum absolute atomic E-state index is 11.1. The monoisotopic (exact) mass is 333 g/mol. The molecule has 2 atom stereocenters. The Morgan fingerprint density at radius 1 is 1.08 bits per heavy atom. The highest BCUT2D eigenvalue weighted by Crippen LogP contribution is 2.41. The second-order valence-corrected chi connectivity index (χ2v) is 7.38. The number of rotatable bonds is 8. The predicted molar refractivity (Wildman–Crippen MR) is 94.9 cm³/mol. The van der Waals surface area contributed by atoms with Gasteiger partial charge in [-0.3, -0.25) is 4.90 Å². The van der Waals surface area contributed by atoms with Gasteiger partial charge >= 0.3 is 0 Å². The van der Waals surface area contributed by atoms with E-state index in [1.807, 2.05) is 0 Å². The van der Waals surface area contributed by atoms with Gasteiger partial charge in [-0.1, -0.05) is 36.8 Å². The van der Waals surface area contributed by atoms with E-state index in [9.17, 15) is 5.11 Å². The van der Waals surface area contributed by atoms with E-state index in [1.54, 1.807) is 7.11 Å². The van der Waals surface area contributed by atoms with Crippen molar-refractivity contribution >= 4 is 0 Å². The summed E-state index contributed by atoms with van der Waals surface area (Å²) in [6.45, 7) is 2.86. The number of hydrogen-bond acceptors (Lipinski definition) is 4. The lowest BCUT2D eigenvalue weighted by molar-refractivity contribution is -0.108. The second-order valence-electron chi connectivity index (χ2n) is 7.38. The van der Waals surface area contributed by atoms with Crippen LogP contribution in [0.5, 0.6) is 0 Å². The van der Waals surface area contributed by atoms with E-state index in [0.29, 0.717) is 31.9 Å². The van der Waals surface area contributed by atoms with E-state index in [2.05, 4.69) is 35.2 Å². The predicted octanol–water partition coefficient (Wildman–Crippen LogP) is 2.99. The molecule has 2 aliphatic heterocycles. The van der Waals surface area contributed by atoms with Gasteiger partial charge in [0, 0.05) is 32.3 Å². The van der Waals surface area contributed by atoms with Crippen LogP contribution < -0.4 is 0 Å². The van der Waals surface area contributed by atoms with Gasteiger partial charge in [-0.25, -0.2) is 0 Å². The van der Waals surface area contributed by atoms with Crippen molar-refractivity contribution in [2.24, 2.45) is 0 Å². The number of ether oxygens (including phenoxy) is 2. The first-order chi connectivity index (χ1) is 11.7. The molecule has 2 unspecified atom stereocenters. The Morgan fingerprint density at radius 2 is 1.79 bits per heavy atom. The van der Waals surface area contributed by atoms with Gasteiger partial charge in [0.2, 0.25) is 0 Å². The second kappa shape index (κ2) is 8.43. The summed E-state index contributed by atoms with van der Waals surface area (Å²) in [5.74, 6) is 0. The number of benzene rings is 1. The van der Waals surface area contributed by atoms with Crippen molar-refractivity contribution in [2.45, 2.75) is 62.8 Å². The summed E-state index contributed by atoms with van der Waals surface area (Å²) in [4.78, 5) is 2.64. The first-order valence-electron chi connectivity index (χ1n) is 9.29. The van der Waals surface area contributed by atoms with Gasteiger partial charge < -0.3 is 14.6 Å². The zero-order valence-corrected chi connectivity index (χ0v) is 14.8. The van der Waals surface area contributed by atoms with Crippen molar-refractivity contribution in [1.29, 1.82) is 0 Å². The first-order valence-corrected chi connectivity index (χ1v) is 9.29. The molecule has 0 amide bonds. The molecular formula is C20H31NO3. The van der Waals surface area contributed by atoms with Crippen molar-refractivity contribution in [2.75, 3.05) is 26.9 Å². The molecule has 1 aromatic rings. The first kappa shape index (κ1) is 17.9. The molecule has 0 spiro atoms. The lowest BCUT2D eigenvalue weighted by Gasteiger charge is -2.52. The molecule has 1 N–H and O–H groups in total. The van der Waals surface area contributed by atoms with Crippen LogP contribution in [-0.4, -0.2) is 54.6 Å². The molecule has 2 bridgehead atoms. The van der Waals surface area contributed by atoms with Gasteiger partial charge in [0.15, 0.2) is 0 Å². The molecule has 0 aliphatic carbocycles. The Morgan fingerprint density at radius 3 is 2.46 bits per heavy atom. The zero-order chi connectivity index (χ0) is 16.8. The average Bonchev–Trinajstić information content (AvgIpc) is 2.57. The fourth-order valence-electron chi connectivity index (χ4n) is 4.38. The van der Waals surface area contributed by atoms with Gasteiger partial charge in [-0.15, -0.1) is 0 Å². The molecule has 2 fully saturated rings. The van der Waals surface area contributed by atoms with Crippen LogP contribution in [0.3, 0.4) is 0 Å². The summed E-state index contributed by atoms with van der Waals surface area (Å²) < 4.78 is 10.6. The highest BCUT2D eigenvalue weighted by Gasteiger charge is 2.44. The van der Waals surface area contributed by atoms with Crippen LogP contribution in [0.25, 0.3) is 0 Å². The summed E-state index contributed by atoms with van der Waals surface area (Å²) in [7, 11) is 1.68. The smallest absolute Gasteiger partial charge is 0.0700 e. The summed E-state index contributed by atoms with van der Waals surface area (Å²) >= 11 is 0. The highest BCUT2D eigenvalue weighted by atomic mass is 16.5. The van der Waals surface area contributed by atoms with E-state index in [1.165, 1.54) is 24.8 Å². The number of fused-ring (bicyclic) bond motifs is 2. The molecular weight excluding hydrogens is 302 g/mol. The van der Waals surface area contributed by atoms with Gasteiger partial charge in [-0.05, 0) is 37.7 Å². The lowest BCUT2D eigenvalue weighted by Crippen LogP contribution is -2.57. The standard InChI is InChI=1S/C20H31NO3/c1-23-12-13-24-11-10-20(22)14-18-8-5-9-19(15-20)21(18)16-17-6-3-2-4-7-17/h2-4,6-7,18-19,22H,5,8-16H2,1H3. The highest BCUT2D eigenvalue weighted by molar-refractivity contribution is 5.15. The fraction of sp³-hybridized carbons (Fsp3) is 0.700. The quantitative estimate of drug-likeness (QED) is 0.743. The Hall–Kier alpha value is -0.940. The average molecular weight is 333 g/mol. The fourth-order valence-corrected chi connectivity index (χ4v) is 4.38. The third-order valence-electron chi connectivity index (χ3n) is 5.60. The Kier molecular flexibility index (Phi) is 6.28. The summed E-state index contributed by atoms with van der Waals surface area (Å²) in [5, 5.41) is 11.1. The molecule has 4 nitrogen and oxygen atoms in total. The minimum Gasteiger partial charge on any atom is -0.390 e. The molecule has 0 aromatic heterocycles. The Labute approximate surface area is 145 Å².